The Kier molecular flexibility index (Phi) is 21.5. The predicted octanol–water partition coefficient (Wildman–Crippen LogP) is 8.97. The number of hydrogen-bond donors (Lipinski definition) is 1. The molecule has 264 valence electrons. The van der Waals surface area contributed by atoms with Gasteiger partial charge < -0.3 is 24.7 Å². The first-order valence-corrected chi connectivity index (χ1v) is 18.8. The molecular weight excluding hydrogens is 613 g/mol. The van der Waals surface area contributed by atoms with Gasteiger partial charge in [0.15, 0.2) is 0 Å². The SMILES string of the molecule is CCCCCCCCCCCCOC(=O)OC[C@H]1O[C@@H](n2c(CCCCCCCCCCCC)c(F)c(OC(N)=O)nc2=O)CS1. The minimum absolute atomic E-state index is 0.0545. The Morgan fingerprint density at radius 3 is 1.91 bits per heavy atom. The van der Waals surface area contributed by atoms with Crippen molar-refractivity contribution in [3.63, 3.8) is 0 Å². The van der Waals surface area contributed by atoms with Crippen LogP contribution in [0.1, 0.15) is 154 Å². The number of hydrogen-bond acceptors (Lipinski definition) is 9. The summed E-state index contributed by atoms with van der Waals surface area (Å²) in [6.07, 6.45) is 20.4. The fourth-order valence-corrected chi connectivity index (χ4v) is 6.57. The molecular formula is C34H58FN3O7S. The van der Waals surface area contributed by atoms with E-state index in [0.717, 1.165) is 38.5 Å². The van der Waals surface area contributed by atoms with Crippen molar-refractivity contribution in [1.29, 1.82) is 0 Å². The molecule has 10 nitrogen and oxygen atoms in total. The van der Waals surface area contributed by atoms with Crippen LogP contribution in [0.3, 0.4) is 0 Å². The average molecular weight is 672 g/mol. The number of carbonyl (C=O) groups excluding carboxylic acids is 2. The highest BCUT2D eigenvalue weighted by molar-refractivity contribution is 8.00. The molecule has 0 unspecified atom stereocenters. The highest BCUT2D eigenvalue weighted by atomic mass is 32.2. The number of amides is 1. The Morgan fingerprint density at radius 2 is 1.37 bits per heavy atom. The topological polar surface area (TPSA) is 132 Å². The van der Waals surface area contributed by atoms with Gasteiger partial charge in [-0.25, -0.2) is 14.4 Å². The van der Waals surface area contributed by atoms with Crippen LogP contribution in [-0.4, -0.2) is 46.2 Å². The van der Waals surface area contributed by atoms with E-state index in [4.69, 9.17) is 19.9 Å². The van der Waals surface area contributed by atoms with E-state index >= 15 is 4.39 Å². The van der Waals surface area contributed by atoms with Crippen LogP contribution in [0.15, 0.2) is 4.79 Å². The van der Waals surface area contributed by atoms with E-state index in [-0.39, 0.29) is 18.7 Å². The number of unbranched alkanes of at least 4 members (excludes halogenated alkanes) is 18. The number of halogens is 1. The Labute approximate surface area is 279 Å². The molecule has 1 aromatic heterocycles. The first kappa shape index (κ1) is 39.8. The second-order valence-corrected chi connectivity index (χ2v) is 13.3. The van der Waals surface area contributed by atoms with Crippen LogP contribution in [0.4, 0.5) is 14.0 Å². The van der Waals surface area contributed by atoms with Crippen molar-refractivity contribution < 1.29 is 32.9 Å². The Balaban J connectivity index is 1.77. The van der Waals surface area contributed by atoms with Gasteiger partial charge in [0, 0.05) is 5.75 Å². The van der Waals surface area contributed by atoms with Gasteiger partial charge in [0.25, 0.3) is 5.88 Å². The van der Waals surface area contributed by atoms with Crippen LogP contribution < -0.4 is 16.2 Å². The molecule has 2 atom stereocenters. The molecule has 12 heteroatoms. The fraction of sp³-hybridized carbons (Fsp3) is 0.824. The van der Waals surface area contributed by atoms with Gasteiger partial charge in [-0.2, -0.15) is 9.37 Å². The van der Waals surface area contributed by atoms with Crippen LogP contribution in [-0.2, 0) is 20.6 Å². The molecule has 0 saturated carbocycles. The van der Waals surface area contributed by atoms with E-state index in [9.17, 15) is 14.4 Å². The van der Waals surface area contributed by atoms with E-state index in [1.165, 1.54) is 99.8 Å². The zero-order valence-corrected chi connectivity index (χ0v) is 29.1. The monoisotopic (exact) mass is 671 g/mol. The van der Waals surface area contributed by atoms with Crippen LogP contribution in [0.2, 0.25) is 0 Å². The molecule has 2 N–H and O–H groups in total. The van der Waals surface area contributed by atoms with Gasteiger partial charge in [-0.3, -0.25) is 4.57 Å². The molecule has 1 aliphatic rings. The van der Waals surface area contributed by atoms with E-state index in [2.05, 4.69) is 23.6 Å². The summed E-state index contributed by atoms with van der Waals surface area (Å²) in [5.41, 5.74) is 3.75. The lowest BCUT2D eigenvalue weighted by Gasteiger charge is -2.20. The lowest BCUT2D eigenvalue weighted by atomic mass is 10.0. The van der Waals surface area contributed by atoms with Crippen LogP contribution in [0.5, 0.6) is 5.88 Å². The summed E-state index contributed by atoms with van der Waals surface area (Å²) < 4.78 is 37.7. The van der Waals surface area contributed by atoms with Crippen molar-refractivity contribution in [2.45, 2.75) is 160 Å². The summed E-state index contributed by atoms with van der Waals surface area (Å²) in [7, 11) is 0. The van der Waals surface area contributed by atoms with E-state index < -0.39 is 41.3 Å². The highest BCUT2D eigenvalue weighted by Gasteiger charge is 2.33. The summed E-state index contributed by atoms with van der Waals surface area (Å²) in [5.74, 6) is -1.31. The largest absolute Gasteiger partial charge is 0.508 e. The summed E-state index contributed by atoms with van der Waals surface area (Å²) in [6, 6.07) is 0. The smallest absolute Gasteiger partial charge is 0.434 e. The Hall–Kier alpha value is -2.34. The molecule has 1 aliphatic heterocycles. The van der Waals surface area contributed by atoms with Gasteiger partial charge in [0.1, 0.15) is 18.3 Å². The minimum Gasteiger partial charge on any atom is -0.434 e. The van der Waals surface area contributed by atoms with E-state index in [0.29, 0.717) is 18.8 Å². The first-order chi connectivity index (χ1) is 22.4. The average Bonchev–Trinajstić information content (AvgIpc) is 3.50. The molecule has 0 bridgehead atoms. The van der Waals surface area contributed by atoms with E-state index in [1.807, 2.05) is 0 Å². The maximum Gasteiger partial charge on any atom is 0.508 e. The van der Waals surface area contributed by atoms with Crippen molar-refractivity contribution in [3.05, 3.63) is 22.0 Å². The molecule has 2 heterocycles. The lowest BCUT2D eigenvalue weighted by Crippen LogP contribution is -2.34. The van der Waals surface area contributed by atoms with Crippen molar-refractivity contribution in [2.24, 2.45) is 5.73 Å². The Bertz CT molecular complexity index is 1060. The van der Waals surface area contributed by atoms with Gasteiger partial charge in [-0.05, 0) is 19.3 Å². The van der Waals surface area contributed by atoms with Gasteiger partial charge in [-0.1, -0.05) is 129 Å². The predicted molar refractivity (Wildman–Crippen MR) is 180 cm³/mol. The molecule has 1 fully saturated rings. The number of rotatable bonds is 26. The molecule has 0 spiro atoms. The minimum atomic E-state index is -1.25. The van der Waals surface area contributed by atoms with Gasteiger partial charge in [-0.15, -0.1) is 11.8 Å². The number of ether oxygens (including phenoxy) is 4. The molecule has 0 aromatic carbocycles. The van der Waals surface area contributed by atoms with Gasteiger partial charge >= 0.3 is 17.9 Å². The summed E-state index contributed by atoms with van der Waals surface area (Å²) in [4.78, 5) is 40.0. The zero-order valence-electron chi connectivity index (χ0n) is 28.2. The van der Waals surface area contributed by atoms with Crippen molar-refractivity contribution >= 4 is 24.0 Å². The molecule has 1 aromatic rings. The summed E-state index contributed by atoms with van der Waals surface area (Å²) >= 11 is 1.34. The number of thioether (sulfide) groups is 1. The van der Waals surface area contributed by atoms with Crippen LogP contribution >= 0.6 is 11.8 Å². The van der Waals surface area contributed by atoms with Crippen LogP contribution in [0.25, 0.3) is 0 Å². The number of nitrogens with zero attached hydrogens (tertiary/aromatic N) is 2. The second-order valence-electron chi connectivity index (χ2n) is 12.1. The molecule has 1 saturated heterocycles. The lowest BCUT2D eigenvalue weighted by molar-refractivity contribution is -0.0255. The third-order valence-corrected chi connectivity index (χ3v) is 9.27. The maximum atomic E-state index is 15.4. The maximum absolute atomic E-state index is 15.4. The number of aromatic nitrogens is 2. The van der Waals surface area contributed by atoms with Crippen molar-refractivity contribution in [3.8, 4) is 5.88 Å². The number of carbonyl (C=O) groups is 2. The third-order valence-electron chi connectivity index (χ3n) is 8.18. The highest BCUT2D eigenvalue weighted by Crippen LogP contribution is 2.33. The normalized spacial score (nSPS) is 16.1. The second kappa shape index (κ2) is 24.8. The summed E-state index contributed by atoms with van der Waals surface area (Å²) in [6.45, 7) is 4.66. The number of primary amides is 1. The zero-order chi connectivity index (χ0) is 33.4. The van der Waals surface area contributed by atoms with Gasteiger partial charge in [0.2, 0.25) is 5.82 Å². The molecule has 0 aliphatic carbocycles. The number of nitrogens with two attached hydrogens (primary N) is 1. The molecule has 0 radical (unpaired) electrons. The van der Waals surface area contributed by atoms with Crippen molar-refractivity contribution in [1.82, 2.24) is 9.55 Å². The molecule has 2 rings (SSSR count). The Morgan fingerprint density at radius 1 is 0.848 bits per heavy atom. The quantitative estimate of drug-likeness (QED) is 0.0757. The third kappa shape index (κ3) is 16.5. The van der Waals surface area contributed by atoms with Gasteiger partial charge in [0.05, 0.1) is 12.3 Å². The standard InChI is InChI=1S/C34H58FN3O7S/c1-3-5-7-9-11-13-15-17-19-21-23-27-30(35)31(45-32(36)39)37-33(40)38(27)28-26-46-29(44-28)25-43-34(41)42-24-22-20-18-16-14-12-10-8-6-4-2/h28-29H,3-26H2,1-2H3,(H2,36,39)/t28-,29+/m1/s1. The molecule has 1 amide bonds. The summed E-state index contributed by atoms with van der Waals surface area (Å²) in [5, 5.41) is 0. The molecule has 46 heavy (non-hydrogen) atoms. The van der Waals surface area contributed by atoms with E-state index in [1.54, 1.807) is 0 Å². The van der Waals surface area contributed by atoms with Crippen LogP contribution in [0, 0.1) is 5.82 Å². The van der Waals surface area contributed by atoms with Crippen molar-refractivity contribution in [2.75, 3.05) is 19.0 Å². The fourth-order valence-electron chi connectivity index (χ4n) is 5.59. The first-order valence-electron chi connectivity index (χ1n) is 17.7.